The Balaban J connectivity index is 2.06. The van der Waals surface area contributed by atoms with Crippen LogP contribution in [0.3, 0.4) is 0 Å². The van der Waals surface area contributed by atoms with E-state index < -0.39 is 0 Å². The van der Waals surface area contributed by atoms with E-state index in [1.807, 2.05) is 55.5 Å². The number of hydrogen-bond donors (Lipinski definition) is 1. The summed E-state index contributed by atoms with van der Waals surface area (Å²) in [6, 6.07) is 15.7. The number of benzene rings is 2. The lowest BCUT2D eigenvalue weighted by Crippen LogP contribution is -2.07. The van der Waals surface area contributed by atoms with E-state index in [1.54, 1.807) is 0 Å². The number of rotatable bonds is 4. The van der Waals surface area contributed by atoms with Crippen LogP contribution in [0.15, 0.2) is 48.5 Å². The molecule has 2 rings (SSSR count). The highest BCUT2D eigenvalue weighted by molar-refractivity contribution is 5.89. The summed E-state index contributed by atoms with van der Waals surface area (Å²) < 4.78 is 5.72. The number of hydrogen-bond acceptors (Lipinski definition) is 2. The van der Waals surface area contributed by atoms with Gasteiger partial charge in [-0.15, -0.1) is 0 Å². The van der Waals surface area contributed by atoms with Gasteiger partial charge in [0.15, 0.2) is 0 Å². The maximum absolute atomic E-state index is 11.1. The van der Waals surface area contributed by atoms with Crippen molar-refractivity contribution in [3.05, 3.63) is 59.7 Å². The first-order valence-electron chi connectivity index (χ1n) is 6.20. The molecule has 0 radical (unpaired) electrons. The summed E-state index contributed by atoms with van der Waals surface area (Å²) in [5.74, 6) is 0.668. The summed E-state index contributed by atoms with van der Waals surface area (Å²) in [6.07, 6.45) is 0. The van der Waals surface area contributed by atoms with Gasteiger partial charge in [0.2, 0.25) is 5.91 Å². The van der Waals surface area contributed by atoms with Crippen LogP contribution in [-0.2, 0) is 11.4 Å². The Hall–Kier alpha value is -2.29. The van der Waals surface area contributed by atoms with Crippen LogP contribution in [0.25, 0.3) is 0 Å². The van der Waals surface area contributed by atoms with Gasteiger partial charge in [-0.2, -0.15) is 0 Å². The minimum atomic E-state index is -0.0803. The molecule has 0 aliphatic heterocycles. The van der Waals surface area contributed by atoms with E-state index in [0.29, 0.717) is 6.61 Å². The van der Waals surface area contributed by atoms with Crippen molar-refractivity contribution in [2.75, 3.05) is 5.32 Å². The van der Waals surface area contributed by atoms with Crippen molar-refractivity contribution in [3.63, 3.8) is 0 Å². The summed E-state index contributed by atoms with van der Waals surface area (Å²) in [5.41, 5.74) is 2.92. The van der Waals surface area contributed by atoms with E-state index >= 15 is 0 Å². The smallest absolute Gasteiger partial charge is 0.221 e. The Labute approximate surface area is 113 Å². The monoisotopic (exact) mass is 255 g/mol. The van der Waals surface area contributed by atoms with Crippen molar-refractivity contribution < 1.29 is 9.53 Å². The van der Waals surface area contributed by atoms with Crippen LogP contribution in [-0.4, -0.2) is 5.91 Å². The van der Waals surface area contributed by atoms with Crippen LogP contribution >= 0.6 is 0 Å². The molecule has 19 heavy (non-hydrogen) atoms. The van der Waals surface area contributed by atoms with E-state index in [1.165, 1.54) is 6.92 Å². The summed E-state index contributed by atoms with van der Waals surface area (Å²) in [7, 11) is 0. The zero-order valence-corrected chi connectivity index (χ0v) is 11.1. The van der Waals surface area contributed by atoms with Crippen molar-refractivity contribution >= 4 is 11.6 Å². The van der Waals surface area contributed by atoms with E-state index in [0.717, 1.165) is 22.6 Å². The van der Waals surface area contributed by atoms with Gasteiger partial charge in [-0.1, -0.05) is 36.4 Å². The van der Waals surface area contributed by atoms with Gasteiger partial charge in [0.25, 0.3) is 0 Å². The number of ether oxygens (including phenoxy) is 1. The minimum Gasteiger partial charge on any atom is -0.489 e. The van der Waals surface area contributed by atoms with Gasteiger partial charge in [0.1, 0.15) is 12.4 Å². The molecule has 0 bridgehead atoms. The van der Waals surface area contributed by atoms with Crippen molar-refractivity contribution in [1.82, 2.24) is 0 Å². The predicted molar refractivity (Wildman–Crippen MR) is 76.3 cm³/mol. The number of carbonyl (C=O) groups is 1. The average molecular weight is 255 g/mol. The number of amides is 1. The fraction of sp³-hybridized carbons (Fsp3) is 0.188. The third kappa shape index (κ3) is 3.85. The van der Waals surface area contributed by atoms with Crippen LogP contribution < -0.4 is 10.1 Å². The Morgan fingerprint density at radius 3 is 2.58 bits per heavy atom. The Bertz CT molecular complexity index is 564. The van der Waals surface area contributed by atoms with Gasteiger partial charge < -0.3 is 10.1 Å². The SMILES string of the molecule is CC(=O)Nc1cc(OCc2ccccc2)ccc1C. The molecule has 2 aromatic rings. The van der Waals surface area contributed by atoms with E-state index in [-0.39, 0.29) is 5.91 Å². The number of nitrogens with one attached hydrogen (secondary N) is 1. The fourth-order valence-electron chi connectivity index (χ4n) is 1.76. The summed E-state index contributed by atoms with van der Waals surface area (Å²) in [4.78, 5) is 11.1. The zero-order valence-electron chi connectivity index (χ0n) is 11.1. The maximum Gasteiger partial charge on any atom is 0.221 e. The van der Waals surface area contributed by atoms with Crippen molar-refractivity contribution in [2.24, 2.45) is 0 Å². The quantitative estimate of drug-likeness (QED) is 0.907. The number of aryl methyl sites for hydroxylation is 1. The predicted octanol–water partition coefficient (Wildman–Crippen LogP) is 3.53. The molecule has 0 fully saturated rings. The molecule has 3 nitrogen and oxygen atoms in total. The molecule has 3 heteroatoms. The van der Waals surface area contributed by atoms with Gasteiger partial charge >= 0.3 is 0 Å². The molecule has 0 aromatic heterocycles. The van der Waals surface area contributed by atoms with Crippen molar-refractivity contribution in [3.8, 4) is 5.75 Å². The van der Waals surface area contributed by atoms with Crippen LogP contribution in [0.2, 0.25) is 0 Å². The van der Waals surface area contributed by atoms with Gasteiger partial charge in [0, 0.05) is 18.7 Å². The molecule has 0 saturated carbocycles. The maximum atomic E-state index is 11.1. The topological polar surface area (TPSA) is 38.3 Å². The molecular formula is C16H17NO2. The number of carbonyl (C=O) groups excluding carboxylic acids is 1. The Morgan fingerprint density at radius 1 is 1.16 bits per heavy atom. The summed E-state index contributed by atoms with van der Waals surface area (Å²) in [5, 5.41) is 2.79. The molecule has 0 aliphatic carbocycles. The van der Waals surface area contributed by atoms with Gasteiger partial charge in [-0.3, -0.25) is 4.79 Å². The molecule has 1 amide bonds. The lowest BCUT2D eigenvalue weighted by atomic mass is 10.2. The Morgan fingerprint density at radius 2 is 1.89 bits per heavy atom. The summed E-state index contributed by atoms with van der Waals surface area (Å²) in [6.45, 7) is 3.96. The third-order valence-corrected chi connectivity index (χ3v) is 2.77. The lowest BCUT2D eigenvalue weighted by molar-refractivity contribution is -0.114. The zero-order chi connectivity index (χ0) is 13.7. The molecular weight excluding hydrogens is 238 g/mol. The second-order valence-corrected chi connectivity index (χ2v) is 4.43. The molecule has 2 aromatic carbocycles. The molecule has 1 N–H and O–H groups in total. The Kier molecular flexibility index (Phi) is 4.18. The molecule has 0 saturated heterocycles. The fourth-order valence-corrected chi connectivity index (χ4v) is 1.76. The van der Waals surface area contributed by atoms with Gasteiger partial charge in [-0.05, 0) is 24.1 Å². The van der Waals surface area contributed by atoms with Crippen molar-refractivity contribution in [2.45, 2.75) is 20.5 Å². The van der Waals surface area contributed by atoms with Crippen LogP contribution in [0.1, 0.15) is 18.1 Å². The second-order valence-electron chi connectivity index (χ2n) is 4.43. The largest absolute Gasteiger partial charge is 0.489 e. The molecule has 0 heterocycles. The molecule has 0 spiro atoms. The standard InChI is InChI=1S/C16H17NO2/c1-12-8-9-15(10-16(12)17-13(2)18)19-11-14-6-4-3-5-7-14/h3-10H,11H2,1-2H3,(H,17,18). The van der Waals surface area contributed by atoms with Crippen LogP contribution in [0.5, 0.6) is 5.75 Å². The number of anilines is 1. The highest BCUT2D eigenvalue weighted by Crippen LogP contribution is 2.22. The first-order valence-corrected chi connectivity index (χ1v) is 6.20. The normalized spacial score (nSPS) is 10.0. The van der Waals surface area contributed by atoms with Crippen molar-refractivity contribution in [1.29, 1.82) is 0 Å². The van der Waals surface area contributed by atoms with Gasteiger partial charge in [-0.25, -0.2) is 0 Å². The molecule has 98 valence electrons. The van der Waals surface area contributed by atoms with Crippen LogP contribution in [0, 0.1) is 6.92 Å². The van der Waals surface area contributed by atoms with Gasteiger partial charge in [0.05, 0.1) is 0 Å². The molecule has 0 atom stereocenters. The highest BCUT2D eigenvalue weighted by Gasteiger charge is 2.03. The molecule has 0 unspecified atom stereocenters. The van der Waals surface area contributed by atoms with E-state index in [9.17, 15) is 4.79 Å². The highest BCUT2D eigenvalue weighted by atomic mass is 16.5. The third-order valence-electron chi connectivity index (χ3n) is 2.77. The average Bonchev–Trinajstić information content (AvgIpc) is 2.40. The van der Waals surface area contributed by atoms with E-state index in [4.69, 9.17) is 4.74 Å². The summed E-state index contributed by atoms with van der Waals surface area (Å²) >= 11 is 0. The lowest BCUT2D eigenvalue weighted by Gasteiger charge is -2.10. The molecule has 0 aliphatic rings. The first kappa shape index (κ1) is 13.1. The van der Waals surface area contributed by atoms with Crippen LogP contribution in [0.4, 0.5) is 5.69 Å². The minimum absolute atomic E-state index is 0.0803. The van der Waals surface area contributed by atoms with E-state index in [2.05, 4.69) is 5.32 Å². The second kappa shape index (κ2) is 6.05. The first-order chi connectivity index (χ1) is 9.15.